The van der Waals surface area contributed by atoms with E-state index in [-0.39, 0.29) is 0 Å². The molecule has 2 N–H and O–H groups in total. The van der Waals surface area contributed by atoms with Gasteiger partial charge < -0.3 is 10.6 Å². The van der Waals surface area contributed by atoms with E-state index in [1.54, 1.807) is 18.4 Å². The fourth-order valence-corrected chi connectivity index (χ4v) is 3.11. The van der Waals surface area contributed by atoms with Gasteiger partial charge in [-0.1, -0.05) is 13.0 Å². The number of nitrogens with one attached hydrogen (secondary N) is 2. The second kappa shape index (κ2) is 7.87. The van der Waals surface area contributed by atoms with E-state index in [4.69, 9.17) is 0 Å². The van der Waals surface area contributed by atoms with Crippen LogP contribution in [0.15, 0.2) is 34.8 Å². The fraction of sp³-hybridized carbons (Fsp3) is 0.375. The number of hydrogen-bond donors (Lipinski definition) is 2. The van der Waals surface area contributed by atoms with Crippen molar-refractivity contribution in [2.24, 2.45) is 4.99 Å². The van der Waals surface area contributed by atoms with Gasteiger partial charge in [0, 0.05) is 31.6 Å². The maximum atomic E-state index is 4.57. The molecule has 0 atom stereocenters. The van der Waals surface area contributed by atoms with Crippen molar-refractivity contribution in [2.45, 2.75) is 26.3 Å². The molecule has 0 unspecified atom stereocenters. The highest BCUT2D eigenvalue weighted by Crippen LogP contribution is 2.10. The zero-order valence-corrected chi connectivity index (χ0v) is 14.7. The Balaban J connectivity index is 1.50. The standard InChI is InChI=1S/C16H21N7S/c1-3-15-20-12(11-24-15)7-8-18-16(17-2)19-10-14-22-21-13-6-4-5-9-23(13)14/h4-6,9,11H,3,7-8,10H2,1-2H3,(H2,17,18,19). The van der Waals surface area contributed by atoms with E-state index in [0.717, 1.165) is 42.5 Å². The molecule has 3 heterocycles. The Labute approximate surface area is 144 Å². The first kappa shape index (κ1) is 16.4. The molecular formula is C16H21N7S. The summed E-state index contributed by atoms with van der Waals surface area (Å²) in [5, 5.41) is 18.2. The monoisotopic (exact) mass is 343 g/mol. The normalized spacial score (nSPS) is 11.8. The van der Waals surface area contributed by atoms with Crippen LogP contribution >= 0.6 is 11.3 Å². The topological polar surface area (TPSA) is 79.5 Å². The Hall–Kier alpha value is -2.48. The van der Waals surface area contributed by atoms with Gasteiger partial charge in [-0.05, 0) is 18.6 Å². The van der Waals surface area contributed by atoms with Gasteiger partial charge in [0.1, 0.15) is 0 Å². The number of rotatable bonds is 6. The average molecular weight is 343 g/mol. The molecule has 0 fully saturated rings. The lowest BCUT2D eigenvalue weighted by atomic mass is 10.3. The van der Waals surface area contributed by atoms with E-state index >= 15 is 0 Å². The number of hydrogen-bond acceptors (Lipinski definition) is 5. The zero-order chi connectivity index (χ0) is 16.8. The number of aliphatic imine (C=N–C) groups is 1. The molecular weight excluding hydrogens is 322 g/mol. The van der Waals surface area contributed by atoms with Crippen LogP contribution in [0.4, 0.5) is 0 Å². The fourth-order valence-electron chi connectivity index (χ4n) is 2.33. The molecule has 7 nitrogen and oxygen atoms in total. The van der Waals surface area contributed by atoms with Gasteiger partial charge in [0.05, 0.1) is 17.2 Å². The molecule has 0 aliphatic rings. The Morgan fingerprint density at radius 1 is 1.29 bits per heavy atom. The van der Waals surface area contributed by atoms with Crippen molar-refractivity contribution in [2.75, 3.05) is 13.6 Å². The quantitative estimate of drug-likeness (QED) is 0.526. The third-order valence-electron chi connectivity index (χ3n) is 3.60. The second-order valence-electron chi connectivity index (χ2n) is 5.23. The summed E-state index contributed by atoms with van der Waals surface area (Å²) in [7, 11) is 1.76. The van der Waals surface area contributed by atoms with Crippen LogP contribution in [0.3, 0.4) is 0 Å². The number of nitrogens with zero attached hydrogens (tertiary/aromatic N) is 5. The maximum absolute atomic E-state index is 4.57. The molecule has 3 aromatic rings. The molecule has 0 aliphatic carbocycles. The first-order valence-electron chi connectivity index (χ1n) is 7.96. The minimum atomic E-state index is 0.557. The summed E-state index contributed by atoms with van der Waals surface area (Å²) in [5.74, 6) is 1.59. The third kappa shape index (κ3) is 3.88. The summed E-state index contributed by atoms with van der Waals surface area (Å²) in [6.07, 6.45) is 3.83. The van der Waals surface area contributed by atoms with Gasteiger partial charge in [0.15, 0.2) is 17.4 Å². The lowest BCUT2D eigenvalue weighted by molar-refractivity contribution is 0.753. The summed E-state index contributed by atoms with van der Waals surface area (Å²) in [5.41, 5.74) is 1.97. The van der Waals surface area contributed by atoms with Gasteiger partial charge in [0.2, 0.25) is 0 Å². The molecule has 0 bridgehead atoms. The molecule has 3 rings (SSSR count). The van der Waals surface area contributed by atoms with Crippen LogP contribution in [-0.4, -0.2) is 39.1 Å². The van der Waals surface area contributed by atoms with Crippen molar-refractivity contribution in [1.29, 1.82) is 0 Å². The Kier molecular flexibility index (Phi) is 5.37. The zero-order valence-electron chi connectivity index (χ0n) is 13.9. The molecule has 126 valence electrons. The predicted octanol–water partition coefficient (Wildman–Crippen LogP) is 1.66. The number of aryl methyl sites for hydroxylation is 1. The van der Waals surface area contributed by atoms with E-state index in [1.807, 2.05) is 28.8 Å². The van der Waals surface area contributed by atoms with Crippen LogP contribution in [0.1, 0.15) is 23.4 Å². The van der Waals surface area contributed by atoms with Crippen molar-refractivity contribution in [1.82, 2.24) is 30.2 Å². The summed E-state index contributed by atoms with van der Waals surface area (Å²) < 4.78 is 1.96. The van der Waals surface area contributed by atoms with Crippen molar-refractivity contribution in [3.63, 3.8) is 0 Å². The minimum Gasteiger partial charge on any atom is -0.356 e. The molecule has 24 heavy (non-hydrogen) atoms. The van der Waals surface area contributed by atoms with Crippen LogP contribution in [0.5, 0.6) is 0 Å². The number of guanidine groups is 1. The van der Waals surface area contributed by atoms with Crippen molar-refractivity contribution in [3.8, 4) is 0 Å². The van der Waals surface area contributed by atoms with E-state index in [0.29, 0.717) is 6.54 Å². The Bertz CT molecular complexity index is 821. The minimum absolute atomic E-state index is 0.557. The van der Waals surface area contributed by atoms with Gasteiger partial charge in [0.25, 0.3) is 0 Å². The Morgan fingerprint density at radius 3 is 3.00 bits per heavy atom. The van der Waals surface area contributed by atoms with Crippen LogP contribution in [0.25, 0.3) is 5.65 Å². The maximum Gasteiger partial charge on any atom is 0.191 e. The second-order valence-corrected chi connectivity index (χ2v) is 6.18. The average Bonchev–Trinajstić information content (AvgIpc) is 3.24. The van der Waals surface area contributed by atoms with Crippen LogP contribution in [0, 0.1) is 0 Å². The van der Waals surface area contributed by atoms with Gasteiger partial charge in [-0.3, -0.25) is 9.39 Å². The van der Waals surface area contributed by atoms with Crippen LogP contribution in [-0.2, 0) is 19.4 Å². The predicted molar refractivity (Wildman–Crippen MR) is 96.4 cm³/mol. The van der Waals surface area contributed by atoms with Crippen LogP contribution in [0.2, 0.25) is 0 Å². The first-order chi connectivity index (χ1) is 11.8. The number of fused-ring (bicyclic) bond motifs is 1. The molecule has 3 aromatic heterocycles. The van der Waals surface area contributed by atoms with Crippen molar-refractivity contribution < 1.29 is 0 Å². The van der Waals surface area contributed by atoms with Crippen LogP contribution < -0.4 is 10.6 Å². The van der Waals surface area contributed by atoms with E-state index in [9.17, 15) is 0 Å². The van der Waals surface area contributed by atoms with Gasteiger partial charge in [-0.25, -0.2) is 4.98 Å². The van der Waals surface area contributed by atoms with Gasteiger partial charge in [-0.2, -0.15) is 0 Å². The summed E-state index contributed by atoms with van der Waals surface area (Å²) in [6, 6.07) is 5.84. The van der Waals surface area contributed by atoms with E-state index < -0.39 is 0 Å². The molecule has 0 amide bonds. The van der Waals surface area contributed by atoms with E-state index in [2.05, 4.69) is 43.1 Å². The van der Waals surface area contributed by atoms with Crippen molar-refractivity contribution in [3.05, 3.63) is 46.3 Å². The molecule has 0 saturated carbocycles. The largest absolute Gasteiger partial charge is 0.356 e. The molecule has 8 heteroatoms. The lowest BCUT2D eigenvalue weighted by Crippen LogP contribution is -2.38. The summed E-state index contributed by atoms with van der Waals surface area (Å²) in [4.78, 5) is 8.81. The molecule has 0 radical (unpaired) electrons. The summed E-state index contributed by atoms with van der Waals surface area (Å²) in [6.45, 7) is 3.47. The Morgan fingerprint density at radius 2 is 2.21 bits per heavy atom. The number of aromatic nitrogens is 4. The molecule has 0 saturated heterocycles. The third-order valence-corrected chi connectivity index (χ3v) is 4.64. The van der Waals surface area contributed by atoms with Crippen molar-refractivity contribution >= 4 is 22.9 Å². The van der Waals surface area contributed by atoms with E-state index in [1.165, 1.54) is 5.01 Å². The molecule has 0 aromatic carbocycles. The van der Waals surface area contributed by atoms with Gasteiger partial charge >= 0.3 is 0 Å². The highest BCUT2D eigenvalue weighted by Gasteiger charge is 2.06. The number of thiazole rings is 1. The lowest BCUT2D eigenvalue weighted by Gasteiger charge is -2.10. The van der Waals surface area contributed by atoms with Gasteiger partial charge in [-0.15, -0.1) is 21.5 Å². The molecule has 0 spiro atoms. The highest BCUT2D eigenvalue weighted by molar-refractivity contribution is 7.09. The number of pyridine rings is 1. The SMILES string of the molecule is CCc1nc(CCNC(=NC)NCc2nnc3ccccn23)cs1. The smallest absolute Gasteiger partial charge is 0.191 e. The highest BCUT2D eigenvalue weighted by atomic mass is 32.1. The molecule has 0 aliphatic heterocycles. The summed E-state index contributed by atoms with van der Waals surface area (Å²) >= 11 is 1.72. The first-order valence-corrected chi connectivity index (χ1v) is 8.84.